The fraction of sp³-hybridized carbons (Fsp3) is 0.438. The van der Waals surface area contributed by atoms with Gasteiger partial charge in [-0.25, -0.2) is 0 Å². The summed E-state index contributed by atoms with van der Waals surface area (Å²) in [5.41, 5.74) is 1.56. The largest absolute Gasteiger partial charge is 0.497 e. The molecular weight excluding hydrogens is 298 g/mol. The third kappa shape index (κ3) is 2.97. The average Bonchev–Trinajstić information content (AvgIpc) is 3.04. The standard InChI is InChI=1S/C16H19N3O2S/c1-11-7-9-19(10-8-11)16(20)15-14(17-18-22-15)12-3-5-13(21-2)6-4-12/h3-6,11H,7-10H2,1-2H3. The molecule has 0 N–H and O–H groups in total. The maximum atomic E-state index is 12.7. The zero-order valence-electron chi connectivity index (χ0n) is 12.8. The van der Waals surface area contributed by atoms with Crippen molar-refractivity contribution in [3.8, 4) is 17.0 Å². The molecule has 0 bridgehead atoms. The van der Waals surface area contributed by atoms with Gasteiger partial charge < -0.3 is 9.64 Å². The highest BCUT2D eigenvalue weighted by atomic mass is 32.1. The molecule has 6 heteroatoms. The molecule has 3 rings (SSSR count). The normalized spacial score (nSPS) is 15.8. The van der Waals surface area contributed by atoms with E-state index in [0.717, 1.165) is 37.2 Å². The lowest BCUT2D eigenvalue weighted by Gasteiger charge is -2.29. The number of hydrogen-bond donors (Lipinski definition) is 0. The maximum absolute atomic E-state index is 12.7. The van der Waals surface area contributed by atoms with Gasteiger partial charge in [-0.1, -0.05) is 11.4 Å². The Kier molecular flexibility index (Phi) is 4.38. The molecular formula is C16H19N3O2S. The number of amides is 1. The van der Waals surface area contributed by atoms with Crippen LogP contribution < -0.4 is 4.74 Å². The molecule has 2 heterocycles. The third-order valence-corrected chi connectivity index (χ3v) is 4.83. The van der Waals surface area contributed by atoms with E-state index in [4.69, 9.17) is 4.74 Å². The summed E-state index contributed by atoms with van der Waals surface area (Å²) in [6.45, 7) is 3.87. The maximum Gasteiger partial charge on any atom is 0.267 e. The average molecular weight is 317 g/mol. The number of aromatic nitrogens is 2. The first-order valence-corrected chi connectivity index (χ1v) is 8.22. The summed E-state index contributed by atoms with van der Waals surface area (Å²) in [4.78, 5) is 15.3. The number of methoxy groups -OCH3 is 1. The van der Waals surface area contributed by atoms with Gasteiger partial charge in [-0.2, -0.15) is 0 Å². The van der Waals surface area contributed by atoms with Crippen molar-refractivity contribution >= 4 is 17.4 Å². The molecule has 22 heavy (non-hydrogen) atoms. The zero-order valence-corrected chi connectivity index (χ0v) is 13.6. The highest BCUT2D eigenvalue weighted by molar-refractivity contribution is 7.08. The lowest BCUT2D eigenvalue weighted by atomic mass is 9.99. The minimum atomic E-state index is 0.0488. The van der Waals surface area contributed by atoms with Gasteiger partial charge in [0.2, 0.25) is 0 Å². The van der Waals surface area contributed by atoms with Gasteiger partial charge >= 0.3 is 0 Å². The minimum Gasteiger partial charge on any atom is -0.497 e. The van der Waals surface area contributed by atoms with E-state index in [-0.39, 0.29) is 5.91 Å². The summed E-state index contributed by atoms with van der Waals surface area (Å²) < 4.78 is 9.15. The number of hydrogen-bond acceptors (Lipinski definition) is 5. The predicted molar refractivity (Wildman–Crippen MR) is 86.2 cm³/mol. The Morgan fingerprint density at radius 2 is 1.95 bits per heavy atom. The number of benzene rings is 1. The van der Waals surface area contributed by atoms with Gasteiger partial charge in [0, 0.05) is 18.7 Å². The van der Waals surface area contributed by atoms with Crippen LogP contribution in [0.4, 0.5) is 0 Å². The lowest BCUT2D eigenvalue weighted by Crippen LogP contribution is -2.37. The van der Waals surface area contributed by atoms with Crippen LogP contribution in [0, 0.1) is 5.92 Å². The smallest absolute Gasteiger partial charge is 0.267 e. The molecule has 0 spiro atoms. The monoisotopic (exact) mass is 317 g/mol. The van der Waals surface area contributed by atoms with Crippen LogP contribution in [-0.2, 0) is 0 Å². The van der Waals surface area contributed by atoms with Gasteiger partial charge in [0.15, 0.2) is 0 Å². The zero-order chi connectivity index (χ0) is 15.5. The molecule has 5 nitrogen and oxygen atoms in total. The van der Waals surface area contributed by atoms with Crippen molar-refractivity contribution in [2.45, 2.75) is 19.8 Å². The van der Waals surface area contributed by atoms with E-state index in [1.807, 2.05) is 29.2 Å². The molecule has 1 aliphatic rings. The summed E-state index contributed by atoms with van der Waals surface area (Å²) in [5.74, 6) is 1.53. The van der Waals surface area contributed by atoms with E-state index in [1.165, 1.54) is 11.5 Å². The Labute approximate surface area is 134 Å². The summed E-state index contributed by atoms with van der Waals surface area (Å²) >= 11 is 1.17. The molecule has 0 atom stereocenters. The first-order valence-electron chi connectivity index (χ1n) is 7.45. The van der Waals surface area contributed by atoms with Crippen molar-refractivity contribution in [2.24, 2.45) is 5.92 Å². The number of carbonyl (C=O) groups is 1. The number of rotatable bonds is 3. The van der Waals surface area contributed by atoms with Gasteiger partial charge in [0.1, 0.15) is 16.3 Å². The first kappa shape index (κ1) is 15.0. The molecule has 1 aromatic carbocycles. The van der Waals surface area contributed by atoms with Gasteiger partial charge in [-0.05, 0) is 54.6 Å². The molecule has 1 amide bonds. The highest BCUT2D eigenvalue weighted by Crippen LogP contribution is 2.28. The predicted octanol–water partition coefficient (Wildman–Crippen LogP) is 3.09. The molecule has 0 radical (unpaired) electrons. The van der Waals surface area contributed by atoms with E-state index in [1.54, 1.807) is 7.11 Å². The van der Waals surface area contributed by atoms with Crippen LogP contribution >= 0.6 is 11.5 Å². The number of nitrogens with zero attached hydrogens (tertiary/aromatic N) is 3. The Morgan fingerprint density at radius 1 is 1.27 bits per heavy atom. The topological polar surface area (TPSA) is 55.3 Å². The molecule has 1 fully saturated rings. The van der Waals surface area contributed by atoms with Gasteiger partial charge in [0.05, 0.1) is 7.11 Å². The summed E-state index contributed by atoms with van der Waals surface area (Å²) in [7, 11) is 1.63. The quantitative estimate of drug-likeness (QED) is 0.873. The highest BCUT2D eigenvalue weighted by Gasteiger charge is 2.26. The van der Waals surface area contributed by atoms with E-state index in [2.05, 4.69) is 16.5 Å². The van der Waals surface area contributed by atoms with Crippen LogP contribution in [-0.4, -0.2) is 40.6 Å². The van der Waals surface area contributed by atoms with Crippen LogP contribution in [0.5, 0.6) is 5.75 Å². The summed E-state index contributed by atoms with van der Waals surface area (Å²) in [6, 6.07) is 7.55. The fourth-order valence-corrected chi connectivity index (χ4v) is 3.28. The van der Waals surface area contributed by atoms with Crippen molar-refractivity contribution in [1.29, 1.82) is 0 Å². The Balaban J connectivity index is 1.83. The molecule has 0 unspecified atom stereocenters. The Bertz CT molecular complexity index is 646. The fourth-order valence-electron chi connectivity index (χ4n) is 2.62. The van der Waals surface area contributed by atoms with Gasteiger partial charge in [-0.15, -0.1) is 5.10 Å². The molecule has 2 aromatic rings. The Hall–Kier alpha value is -1.95. The summed E-state index contributed by atoms with van der Waals surface area (Å²) in [5, 5.41) is 4.15. The van der Waals surface area contributed by atoms with E-state index < -0.39 is 0 Å². The number of carbonyl (C=O) groups excluding carboxylic acids is 1. The van der Waals surface area contributed by atoms with E-state index in [9.17, 15) is 4.79 Å². The molecule has 116 valence electrons. The first-order chi connectivity index (χ1) is 10.7. The third-order valence-electron chi connectivity index (χ3n) is 4.12. The second-order valence-corrected chi connectivity index (χ2v) is 6.41. The number of piperidine rings is 1. The second-order valence-electron chi connectivity index (χ2n) is 5.65. The van der Waals surface area contributed by atoms with Crippen molar-refractivity contribution in [2.75, 3.05) is 20.2 Å². The van der Waals surface area contributed by atoms with Gasteiger partial charge in [-0.3, -0.25) is 4.79 Å². The van der Waals surface area contributed by atoms with Crippen LogP contribution in [0.2, 0.25) is 0 Å². The molecule has 0 saturated carbocycles. The van der Waals surface area contributed by atoms with Crippen molar-refractivity contribution in [3.05, 3.63) is 29.1 Å². The minimum absolute atomic E-state index is 0.0488. The molecule has 0 aliphatic carbocycles. The second kappa shape index (κ2) is 6.44. The molecule has 1 aromatic heterocycles. The van der Waals surface area contributed by atoms with Gasteiger partial charge in [0.25, 0.3) is 5.91 Å². The SMILES string of the molecule is COc1ccc(-c2nnsc2C(=O)N2CCC(C)CC2)cc1. The lowest BCUT2D eigenvalue weighted by molar-refractivity contribution is 0.0702. The Morgan fingerprint density at radius 3 is 2.59 bits per heavy atom. The van der Waals surface area contributed by atoms with Crippen LogP contribution in [0.3, 0.4) is 0 Å². The number of ether oxygens (including phenoxy) is 1. The van der Waals surface area contributed by atoms with Crippen molar-refractivity contribution in [1.82, 2.24) is 14.5 Å². The molecule has 1 aliphatic heterocycles. The molecule has 1 saturated heterocycles. The van der Waals surface area contributed by atoms with Crippen LogP contribution in [0.15, 0.2) is 24.3 Å². The van der Waals surface area contributed by atoms with Crippen LogP contribution in [0.1, 0.15) is 29.4 Å². The van der Waals surface area contributed by atoms with E-state index >= 15 is 0 Å². The number of likely N-dealkylation sites (tertiary alicyclic amines) is 1. The summed E-state index contributed by atoms with van der Waals surface area (Å²) in [6.07, 6.45) is 2.13. The van der Waals surface area contributed by atoms with Crippen molar-refractivity contribution < 1.29 is 9.53 Å². The van der Waals surface area contributed by atoms with Crippen molar-refractivity contribution in [3.63, 3.8) is 0 Å². The van der Waals surface area contributed by atoms with Crippen LogP contribution in [0.25, 0.3) is 11.3 Å². The van der Waals surface area contributed by atoms with E-state index in [0.29, 0.717) is 16.5 Å².